The lowest BCUT2D eigenvalue weighted by atomic mass is 10.0. The molecule has 1 heterocycles. The third-order valence-corrected chi connectivity index (χ3v) is 3.05. The lowest BCUT2D eigenvalue weighted by molar-refractivity contribution is 0.957. The summed E-state index contributed by atoms with van der Waals surface area (Å²) in [6.45, 7) is 0.252. The highest BCUT2D eigenvalue weighted by Gasteiger charge is 2.07. The molecule has 3 rings (SSSR count). The fraction of sp³-hybridized carbons (Fsp3) is 0.0667. The highest BCUT2D eigenvalue weighted by atomic mass is 16.1. The van der Waals surface area contributed by atoms with E-state index in [0.29, 0.717) is 11.5 Å². The molecule has 0 unspecified atom stereocenters. The smallest absolute Gasteiger partial charge is 0.251 e. The van der Waals surface area contributed by atoms with Crippen LogP contribution in [-0.4, -0.2) is 9.97 Å². The maximum atomic E-state index is 11.6. The van der Waals surface area contributed by atoms with E-state index in [1.54, 1.807) is 0 Å². The van der Waals surface area contributed by atoms with E-state index in [-0.39, 0.29) is 12.1 Å². The summed E-state index contributed by atoms with van der Waals surface area (Å²) in [5, 5.41) is 2.17. The molecule has 0 aliphatic rings. The molecule has 4 heteroatoms. The molecule has 3 N–H and O–H groups in total. The van der Waals surface area contributed by atoms with Crippen molar-refractivity contribution in [2.24, 2.45) is 5.73 Å². The summed E-state index contributed by atoms with van der Waals surface area (Å²) in [6, 6.07) is 15.4. The van der Waals surface area contributed by atoms with Crippen molar-refractivity contribution in [3.05, 3.63) is 64.6 Å². The summed E-state index contributed by atoms with van der Waals surface area (Å²) in [5.41, 5.74) is 6.88. The van der Waals surface area contributed by atoms with E-state index in [2.05, 4.69) is 9.97 Å². The van der Waals surface area contributed by atoms with E-state index in [0.717, 1.165) is 16.3 Å². The number of nitrogens with two attached hydrogens (primary N) is 1. The molecule has 0 atom stereocenters. The van der Waals surface area contributed by atoms with Crippen LogP contribution in [0.1, 0.15) is 5.69 Å². The van der Waals surface area contributed by atoms with Gasteiger partial charge in [-0.3, -0.25) is 4.79 Å². The van der Waals surface area contributed by atoms with Gasteiger partial charge in [0.05, 0.1) is 5.69 Å². The normalized spacial score (nSPS) is 10.8. The predicted octanol–water partition coefficient (Wildman–Crippen LogP) is 2.05. The number of nitrogens with zero attached hydrogens (tertiary/aromatic N) is 1. The van der Waals surface area contributed by atoms with E-state index < -0.39 is 0 Å². The van der Waals surface area contributed by atoms with Crippen LogP contribution < -0.4 is 11.3 Å². The molecule has 3 aromatic rings. The lowest BCUT2D eigenvalue weighted by Crippen LogP contribution is -2.12. The van der Waals surface area contributed by atoms with Crippen molar-refractivity contribution in [2.45, 2.75) is 6.54 Å². The van der Waals surface area contributed by atoms with Crippen LogP contribution in [0.15, 0.2) is 53.3 Å². The first-order valence-electron chi connectivity index (χ1n) is 6.06. The zero-order chi connectivity index (χ0) is 13.2. The van der Waals surface area contributed by atoms with Crippen molar-refractivity contribution in [3.8, 4) is 11.4 Å². The number of aromatic amines is 1. The Morgan fingerprint density at radius 1 is 1.11 bits per heavy atom. The molecule has 4 nitrogen and oxygen atoms in total. The second-order valence-electron chi connectivity index (χ2n) is 4.32. The van der Waals surface area contributed by atoms with Crippen LogP contribution in [0.3, 0.4) is 0 Å². The van der Waals surface area contributed by atoms with Gasteiger partial charge >= 0.3 is 0 Å². The minimum Gasteiger partial charge on any atom is -0.325 e. The highest BCUT2D eigenvalue weighted by molar-refractivity contribution is 5.94. The summed E-state index contributed by atoms with van der Waals surface area (Å²) < 4.78 is 0. The number of H-pyrrole nitrogens is 1. The number of fused-ring (bicyclic) bond motifs is 1. The highest BCUT2D eigenvalue weighted by Crippen LogP contribution is 2.25. The minimum atomic E-state index is -0.182. The Morgan fingerprint density at radius 2 is 1.89 bits per heavy atom. The fourth-order valence-electron chi connectivity index (χ4n) is 2.17. The number of hydrogen-bond donors (Lipinski definition) is 2. The Kier molecular flexibility index (Phi) is 2.85. The Bertz CT molecular complexity index is 787. The summed E-state index contributed by atoms with van der Waals surface area (Å²) in [7, 11) is 0. The topological polar surface area (TPSA) is 71.8 Å². The van der Waals surface area contributed by atoms with Gasteiger partial charge in [-0.1, -0.05) is 42.5 Å². The van der Waals surface area contributed by atoms with Gasteiger partial charge in [0.25, 0.3) is 5.56 Å². The van der Waals surface area contributed by atoms with Crippen molar-refractivity contribution >= 4 is 10.8 Å². The first-order chi connectivity index (χ1) is 9.28. The maximum absolute atomic E-state index is 11.6. The van der Waals surface area contributed by atoms with Gasteiger partial charge in [0.15, 0.2) is 0 Å². The monoisotopic (exact) mass is 251 g/mol. The molecular weight excluding hydrogens is 238 g/mol. The lowest BCUT2D eigenvalue weighted by Gasteiger charge is -2.06. The summed E-state index contributed by atoms with van der Waals surface area (Å²) in [5.74, 6) is 0.560. The van der Waals surface area contributed by atoms with Gasteiger partial charge in [-0.25, -0.2) is 4.98 Å². The number of rotatable bonds is 2. The number of nitrogens with one attached hydrogen (secondary N) is 1. The molecule has 0 aliphatic carbocycles. The zero-order valence-corrected chi connectivity index (χ0v) is 10.3. The van der Waals surface area contributed by atoms with Crippen molar-refractivity contribution in [1.82, 2.24) is 9.97 Å². The molecule has 0 saturated carbocycles. The number of aromatic nitrogens is 2. The molecule has 0 bridgehead atoms. The molecule has 1 aromatic heterocycles. The van der Waals surface area contributed by atoms with E-state index in [4.69, 9.17) is 5.73 Å². The van der Waals surface area contributed by atoms with Crippen LogP contribution in [0.25, 0.3) is 22.2 Å². The van der Waals surface area contributed by atoms with E-state index in [9.17, 15) is 4.79 Å². The fourth-order valence-corrected chi connectivity index (χ4v) is 2.17. The van der Waals surface area contributed by atoms with Crippen molar-refractivity contribution in [2.75, 3.05) is 0 Å². The third-order valence-electron chi connectivity index (χ3n) is 3.05. The van der Waals surface area contributed by atoms with Crippen molar-refractivity contribution in [1.29, 1.82) is 0 Å². The van der Waals surface area contributed by atoms with Crippen LogP contribution in [0.4, 0.5) is 0 Å². The Labute approximate surface area is 109 Å². The molecule has 19 heavy (non-hydrogen) atoms. The quantitative estimate of drug-likeness (QED) is 0.732. The van der Waals surface area contributed by atoms with Crippen LogP contribution in [0.2, 0.25) is 0 Å². The van der Waals surface area contributed by atoms with Gasteiger partial charge < -0.3 is 10.7 Å². The first kappa shape index (κ1) is 11.6. The van der Waals surface area contributed by atoms with Gasteiger partial charge in [0.1, 0.15) is 5.82 Å². The number of hydrogen-bond acceptors (Lipinski definition) is 3. The Hall–Kier alpha value is -2.46. The van der Waals surface area contributed by atoms with E-state index in [1.807, 2.05) is 42.5 Å². The second-order valence-corrected chi connectivity index (χ2v) is 4.32. The molecular formula is C15H13N3O. The molecule has 0 radical (unpaired) electrons. The summed E-state index contributed by atoms with van der Waals surface area (Å²) >= 11 is 0. The molecule has 0 spiro atoms. The van der Waals surface area contributed by atoms with Gasteiger partial charge in [-0.2, -0.15) is 0 Å². The number of benzene rings is 2. The predicted molar refractivity (Wildman–Crippen MR) is 75.7 cm³/mol. The van der Waals surface area contributed by atoms with E-state index in [1.165, 1.54) is 6.07 Å². The average molecular weight is 251 g/mol. The second kappa shape index (κ2) is 4.66. The molecule has 0 saturated heterocycles. The van der Waals surface area contributed by atoms with Crippen LogP contribution in [-0.2, 0) is 6.54 Å². The van der Waals surface area contributed by atoms with Crippen molar-refractivity contribution in [3.63, 3.8) is 0 Å². The summed E-state index contributed by atoms with van der Waals surface area (Å²) in [4.78, 5) is 18.8. The van der Waals surface area contributed by atoms with Gasteiger partial charge in [0, 0.05) is 18.2 Å². The third kappa shape index (κ3) is 2.13. The molecule has 0 fully saturated rings. The Balaban J connectivity index is 2.30. The van der Waals surface area contributed by atoms with Crippen LogP contribution >= 0.6 is 0 Å². The van der Waals surface area contributed by atoms with Gasteiger partial charge in [0.2, 0.25) is 0 Å². The maximum Gasteiger partial charge on any atom is 0.251 e. The molecule has 0 aliphatic heterocycles. The average Bonchev–Trinajstić information content (AvgIpc) is 2.46. The SMILES string of the molecule is NCc1cc(=O)[nH]c(-c2cccc3ccccc23)n1. The summed E-state index contributed by atoms with van der Waals surface area (Å²) in [6.07, 6.45) is 0. The van der Waals surface area contributed by atoms with E-state index >= 15 is 0 Å². The standard InChI is InChI=1S/C15H13N3O/c16-9-11-8-14(19)18-15(17-11)13-7-3-5-10-4-1-2-6-12(10)13/h1-8H,9,16H2,(H,17,18,19). The molecule has 2 aromatic carbocycles. The minimum absolute atomic E-state index is 0.182. The molecule has 94 valence electrons. The van der Waals surface area contributed by atoms with Gasteiger partial charge in [-0.15, -0.1) is 0 Å². The molecule has 0 amide bonds. The van der Waals surface area contributed by atoms with Crippen molar-refractivity contribution < 1.29 is 0 Å². The zero-order valence-electron chi connectivity index (χ0n) is 10.3. The van der Waals surface area contributed by atoms with Gasteiger partial charge in [-0.05, 0) is 10.8 Å². The van der Waals surface area contributed by atoms with Crippen LogP contribution in [0.5, 0.6) is 0 Å². The Morgan fingerprint density at radius 3 is 2.74 bits per heavy atom. The first-order valence-corrected chi connectivity index (χ1v) is 6.06. The van der Waals surface area contributed by atoms with Crippen LogP contribution in [0, 0.1) is 0 Å². The largest absolute Gasteiger partial charge is 0.325 e.